The normalized spacial score (nSPS) is 22.9. The van der Waals surface area contributed by atoms with Crippen LogP contribution in [0, 0.1) is 0 Å². The van der Waals surface area contributed by atoms with Crippen molar-refractivity contribution in [2.24, 2.45) is 0 Å². The van der Waals surface area contributed by atoms with Gasteiger partial charge in [-0.2, -0.15) is 0 Å². The monoisotopic (exact) mass is 200 g/mol. The fourth-order valence-electron chi connectivity index (χ4n) is 1.58. The fourth-order valence-corrected chi connectivity index (χ4v) is 1.58. The standard InChI is InChI=1S/C10H20N2O2/c1-8(2)14-10(13)12-9-4-3-6-11-7-5-9/h8-9,11H,3-7H2,1-2H3,(H,12,13). The average Bonchev–Trinajstić information content (AvgIpc) is 2.31. The van der Waals surface area contributed by atoms with Gasteiger partial charge >= 0.3 is 6.09 Å². The molecule has 1 heterocycles. The molecule has 4 nitrogen and oxygen atoms in total. The summed E-state index contributed by atoms with van der Waals surface area (Å²) in [6.45, 7) is 5.74. The minimum Gasteiger partial charge on any atom is -0.447 e. The van der Waals surface area contributed by atoms with Crippen LogP contribution in [0.25, 0.3) is 0 Å². The Kier molecular flexibility index (Phi) is 4.73. The number of amides is 1. The molecule has 0 aliphatic carbocycles. The van der Waals surface area contributed by atoms with Gasteiger partial charge in [-0.15, -0.1) is 0 Å². The van der Waals surface area contributed by atoms with Crippen LogP contribution < -0.4 is 10.6 Å². The highest BCUT2D eigenvalue weighted by atomic mass is 16.6. The molecule has 1 saturated heterocycles. The lowest BCUT2D eigenvalue weighted by Gasteiger charge is -2.16. The zero-order valence-corrected chi connectivity index (χ0v) is 9.01. The highest BCUT2D eigenvalue weighted by Crippen LogP contribution is 2.05. The molecule has 1 fully saturated rings. The van der Waals surface area contributed by atoms with E-state index in [-0.39, 0.29) is 18.2 Å². The Morgan fingerprint density at radius 3 is 2.93 bits per heavy atom. The zero-order chi connectivity index (χ0) is 10.4. The van der Waals surface area contributed by atoms with Crippen LogP contribution in [-0.2, 0) is 4.74 Å². The average molecular weight is 200 g/mol. The highest BCUT2D eigenvalue weighted by molar-refractivity contribution is 5.67. The number of carbonyl (C=O) groups is 1. The van der Waals surface area contributed by atoms with E-state index in [0.717, 1.165) is 32.4 Å². The first-order chi connectivity index (χ1) is 6.68. The van der Waals surface area contributed by atoms with Gasteiger partial charge in [0, 0.05) is 6.04 Å². The van der Waals surface area contributed by atoms with Gasteiger partial charge < -0.3 is 15.4 Å². The maximum Gasteiger partial charge on any atom is 0.407 e. The molecular formula is C10H20N2O2. The van der Waals surface area contributed by atoms with Crippen LogP contribution >= 0.6 is 0 Å². The van der Waals surface area contributed by atoms with Gasteiger partial charge in [0.2, 0.25) is 0 Å². The van der Waals surface area contributed by atoms with Crippen molar-refractivity contribution in [1.82, 2.24) is 10.6 Å². The summed E-state index contributed by atoms with van der Waals surface area (Å²) in [7, 11) is 0. The van der Waals surface area contributed by atoms with E-state index < -0.39 is 0 Å². The minimum atomic E-state index is -0.285. The molecule has 0 bridgehead atoms. The molecule has 0 saturated carbocycles. The molecule has 1 unspecified atom stereocenters. The Morgan fingerprint density at radius 2 is 2.21 bits per heavy atom. The predicted octanol–water partition coefficient (Wildman–Crippen LogP) is 1.26. The van der Waals surface area contributed by atoms with Crippen molar-refractivity contribution in [2.75, 3.05) is 13.1 Å². The largest absolute Gasteiger partial charge is 0.447 e. The molecule has 0 spiro atoms. The Labute approximate surface area is 85.4 Å². The van der Waals surface area contributed by atoms with Crippen LogP contribution in [0.4, 0.5) is 4.79 Å². The molecule has 1 aliphatic heterocycles. The van der Waals surface area contributed by atoms with Crippen molar-refractivity contribution < 1.29 is 9.53 Å². The number of nitrogens with one attached hydrogen (secondary N) is 2. The Bertz CT molecular complexity index is 175. The SMILES string of the molecule is CC(C)OC(=O)NC1CCCNCC1. The van der Waals surface area contributed by atoms with Crippen molar-refractivity contribution in [3.63, 3.8) is 0 Å². The van der Waals surface area contributed by atoms with Crippen LogP contribution in [0.2, 0.25) is 0 Å². The molecule has 0 radical (unpaired) electrons. The number of rotatable bonds is 2. The first kappa shape index (κ1) is 11.3. The molecule has 14 heavy (non-hydrogen) atoms. The second-order valence-corrected chi connectivity index (χ2v) is 3.98. The van der Waals surface area contributed by atoms with E-state index >= 15 is 0 Å². The topological polar surface area (TPSA) is 50.4 Å². The van der Waals surface area contributed by atoms with Crippen LogP contribution in [-0.4, -0.2) is 31.3 Å². The molecule has 82 valence electrons. The van der Waals surface area contributed by atoms with E-state index in [4.69, 9.17) is 4.74 Å². The zero-order valence-electron chi connectivity index (χ0n) is 9.01. The molecule has 0 aromatic heterocycles. The van der Waals surface area contributed by atoms with Gasteiger partial charge in [0.25, 0.3) is 0 Å². The van der Waals surface area contributed by atoms with Gasteiger partial charge in [-0.1, -0.05) is 0 Å². The number of carbonyl (C=O) groups excluding carboxylic acids is 1. The summed E-state index contributed by atoms with van der Waals surface area (Å²) in [6.07, 6.45) is 2.82. The molecule has 1 rings (SSSR count). The second-order valence-electron chi connectivity index (χ2n) is 3.98. The molecule has 1 aliphatic rings. The third-order valence-corrected chi connectivity index (χ3v) is 2.24. The lowest BCUT2D eigenvalue weighted by Crippen LogP contribution is -2.36. The summed E-state index contributed by atoms with van der Waals surface area (Å²) in [5, 5.41) is 6.19. The van der Waals surface area contributed by atoms with E-state index in [1.54, 1.807) is 0 Å². The smallest absolute Gasteiger partial charge is 0.407 e. The Balaban J connectivity index is 2.23. The Morgan fingerprint density at radius 1 is 1.43 bits per heavy atom. The highest BCUT2D eigenvalue weighted by Gasteiger charge is 2.15. The van der Waals surface area contributed by atoms with Crippen LogP contribution in [0.15, 0.2) is 0 Å². The van der Waals surface area contributed by atoms with E-state index in [1.807, 2.05) is 13.8 Å². The van der Waals surface area contributed by atoms with Crippen molar-refractivity contribution >= 4 is 6.09 Å². The Hall–Kier alpha value is -0.770. The summed E-state index contributed by atoms with van der Waals surface area (Å²) in [4.78, 5) is 11.3. The lowest BCUT2D eigenvalue weighted by molar-refractivity contribution is 0.111. The maximum atomic E-state index is 11.3. The summed E-state index contributed by atoms with van der Waals surface area (Å²) in [5.74, 6) is 0. The summed E-state index contributed by atoms with van der Waals surface area (Å²) in [6, 6.07) is 0.274. The molecule has 0 aromatic carbocycles. The van der Waals surface area contributed by atoms with Crippen LogP contribution in [0.3, 0.4) is 0 Å². The number of alkyl carbamates (subject to hydrolysis) is 1. The van der Waals surface area contributed by atoms with Crippen LogP contribution in [0.1, 0.15) is 33.1 Å². The fraction of sp³-hybridized carbons (Fsp3) is 0.900. The number of hydrogen-bond donors (Lipinski definition) is 2. The van der Waals surface area contributed by atoms with Gasteiger partial charge in [0.05, 0.1) is 6.10 Å². The minimum absolute atomic E-state index is 0.0427. The van der Waals surface area contributed by atoms with Gasteiger partial charge in [-0.3, -0.25) is 0 Å². The number of ether oxygens (including phenoxy) is 1. The molecule has 1 amide bonds. The quantitative estimate of drug-likeness (QED) is 0.705. The summed E-state index contributed by atoms with van der Waals surface area (Å²) >= 11 is 0. The molecule has 1 atom stereocenters. The summed E-state index contributed by atoms with van der Waals surface area (Å²) in [5.41, 5.74) is 0. The first-order valence-electron chi connectivity index (χ1n) is 5.36. The third-order valence-electron chi connectivity index (χ3n) is 2.24. The van der Waals surface area contributed by atoms with E-state index in [1.165, 1.54) is 0 Å². The van der Waals surface area contributed by atoms with Crippen LogP contribution in [0.5, 0.6) is 0 Å². The number of hydrogen-bond acceptors (Lipinski definition) is 3. The van der Waals surface area contributed by atoms with E-state index in [9.17, 15) is 4.79 Å². The van der Waals surface area contributed by atoms with Gasteiger partial charge in [-0.25, -0.2) is 4.79 Å². The van der Waals surface area contributed by atoms with Gasteiger partial charge in [-0.05, 0) is 46.2 Å². The van der Waals surface area contributed by atoms with Gasteiger partial charge in [0.15, 0.2) is 0 Å². The molecule has 0 aromatic rings. The molecule has 2 N–H and O–H groups in total. The predicted molar refractivity (Wildman–Crippen MR) is 55.3 cm³/mol. The first-order valence-corrected chi connectivity index (χ1v) is 5.36. The van der Waals surface area contributed by atoms with Crippen molar-refractivity contribution in [2.45, 2.75) is 45.3 Å². The maximum absolute atomic E-state index is 11.3. The molecular weight excluding hydrogens is 180 g/mol. The van der Waals surface area contributed by atoms with Crippen molar-refractivity contribution in [3.8, 4) is 0 Å². The lowest BCUT2D eigenvalue weighted by atomic mass is 10.1. The molecule has 4 heteroatoms. The van der Waals surface area contributed by atoms with Gasteiger partial charge in [0.1, 0.15) is 0 Å². The van der Waals surface area contributed by atoms with E-state index in [2.05, 4.69) is 10.6 Å². The second kappa shape index (κ2) is 5.86. The third kappa shape index (κ3) is 4.46. The summed E-state index contributed by atoms with van der Waals surface area (Å²) < 4.78 is 5.02. The van der Waals surface area contributed by atoms with E-state index in [0.29, 0.717) is 0 Å². The van der Waals surface area contributed by atoms with Crippen molar-refractivity contribution in [1.29, 1.82) is 0 Å². The van der Waals surface area contributed by atoms with Crippen molar-refractivity contribution in [3.05, 3.63) is 0 Å².